The van der Waals surface area contributed by atoms with E-state index in [9.17, 15) is 9.90 Å². The van der Waals surface area contributed by atoms with E-state index in [0.29, 0.717) is 5.56 Å². The number of ketones is 1. The molecule has 24 heavy (non-hydrogen) atoms. The Labute approximate surface area is 143 Å². The number of phenols is 1. The molecule has 0 atom stereocenters. The molecule has 1 aliphatic rings. The van der Waals surface area contributed by atoms with Crippen molar-refractivity contribution in [1.82, 2.24) is 4.57 Å². The zero-order valence-electron chi connectivity index (χ0n) is 15.0. The highest BCUT2D eigenvalue weighted by molar-refractivity contribution is 6.11. The number of aromatic hydroxyl groups is 1. The summed E-state index contributed by atoms with van der Waals surface area (Å²) in [5.74, 6) is 0.351. The minimum Gasteiger partial charge on any atom is -0.508 e. The average molecular weight is 329 g/mol. The van der Waals surface area contributed by atoms with Gasteiger partial charge in [0, 0.05) is 41.7 Å². The maximum atomic E-state index is 13.2. The van der Waals surface area contributed by atoms with Crippen molar-refractivity contribution in [2.45, 2.75) is 47.1 Å². The minimum atomic E-state index is -0.00772. The fraction of sp³-hybridized carbons (Fsp3) is 0.550. The summed E-state index contributed by atoms with van der Waals surface area (Å²) in [4.78, 5) is 13.2. The lowest BCUT2D eigenvalue weighted by Gasteiger charge is -2.04. The third-order valence-electron chi connectivity index (χ3n) is 6.22. The van der Waals surface area contributed by atoms with Crippen molar-refractivity contribution in [3.63, 3.8) is 0 Å². The molecule has 4 nitrogen and oxygen atoms in total. The lowest BCUT2D eigenvalue weighted by atomic mass is 10.0. The molecule has 3 rings (SSSR count). The van der Waals surface area contributed by atoms with Gasteiger partial charge in [-0.05, 0) is 41.9 Å². The van der Waals surface area contributed by atoms with Gasteiger partial charge in [0.1, 0.15) is 5.75 Å². The second kappa shape index (κ2) is 5.62. The number of aliphatic hydroxyl groups is 1. The Hall–Kier alpha value is -1.81. The quantitative estimate of drug-likeness (QED) is 0.622. The van der Waals surface area contributed by atoms with Gasteiger partial charge in [-0.3, -0.25) is 4.79 Å². The summed E-state index contributed by atoms with van der Waals surface area (Å²) in [5, 5.41) is 19.7. The van der Waals surface area contributed by atoms with Crippen LogP contribution in [0, 0.1) is 16.7 Å². The number of hydrogen-bond acceptors (Lipinski definition) is 3. The molecule has 130 valence electrons. The van der Waals surface area contributed by atoms with Crippen LogP contribution >= 0.6 is 0 Å². The lowest BCUT2D eigenvalue weighted by molar-refractivity contribution is 0.0946. The Morgan fingerprint density at radius 1 is 1.17 bits per heavy atom. The molecule has 0 saturated heterocycles. The summed E-state index contributed by atoms with van der Waals surface area (Å²) in [6.45, 7) is 9.52. The fourth-order valence-corrected chi connectivity index (χ4v) is 4.07. The number of Topliss-reactive ketones (excluding diaryl/α,β-unsaturated/α-hetero) is 1. The number of carbonyl (C=O) groups excluding carboxylic acids is 1. The van der Waals surface area contributed by atoms with E-state index in [-0.39, 0.29) is 34.9 Å². The summed E-state index contributed by atoms with van der Waals surface area (Å²) in [6, 6.07) is 5.21. The van der Waals surface area contributed by atoms with E-state index in [4.69, 9.17) is 5.11 Å². The van der Waals surface area contributed by atoms with Gasteiger partial charge in [0.25, 0.3) is 0 Å². The predicted octanol–water partition coefficient (Wildman–Crippen LogP) is 3.98. The first-order valence-electron chi connectivity index (χ1n) is 8.68. The van der Waals surface area contributed by atoms with Crippen molar-refractivity contribution in [3.05, 3.63) is 30.0 Å². The highest BCUT2D eigenvalue weighted by atomic mass is 16.3. The molecule has 4 heteroatoms. The number of benzene rings is 1. The first-order chi connectivity index (χ1) is 11.2. The number of phenolic OH excluding ortho intramolecular Hbond substituents is 1. The van der Waals surface area contributed by atoms with Gasteiger partial charge in [0.05, 0.1) is 0 Å². The Kier molecular flexibility index (Phi) is 3.99. The number of nitrogens with zero attached hydrogens (tertiary/aromatic N) is 1. The predicted molar refractivity (Wildman–Crippen MR) is 95.3 cm³/mol. The Balaban J connectivity index is 2.01. The topological polar surface area (TPSA) is 62.5 Å². The fourth-order valence-electron chi connectivity index (χ4n) is 4.07. The molecular formula is C20H27NO3. The largest absolute Gasteiger partial charge is 0.508 e. The highest BCUT2D eigenvalue weighted by Crippen LogP contribution is 2.69. The molecule has 0 bridgehead atoms. The van der Waals surface area contributed by atoms with Gasteiger partial charge in [-0.1, -0.05) is 27.7 Å². The van der Waals surface area contributed by atoms with Crippen LogP contribution in [0.3, 0.4) is 0 Å². The van der Waals surface area contributed by atoms with Crippen LogP contribution in [0.4, 0.5) is 0 Å². The zero-order valence-corrected chi connectivity index (χ0v) is 15.0. The highest BCUT2D eigenvalue weighted by Gasteiger charge is 2.68. The molecule has 1 aromatic carbocycles. The van der Waals surface area contributed by atoms with Crippen LogP contribution in [-0.2, 0) is 6.54 Å². The van der Waals surface area contributed by atoms with E-state index in [2.05, 4.69) is 32.3 Å². The van der Waals surface area contributed by atoms with E-state index >= 15 is 0 Å². The summed E-state index contributed by atoms with van der Waals surface area (Å²) in [5.41, 5.74) is 1.65. The molecule has 0 spiro atoms. The van der Waals surface area contributed by atoms with Gasteiger partial charge in [-0.15, -0.1) is 0 Å². The van der Waals surface area contributed by atoms with Gasteiger partial charge in [-0.25, -0.2) is 0 Å². The zero-order chi connectivity index (χ0) is 17.7. The molecular weight excluding hydrogens is 302 g/mol. The molecule has 1 aliphatic carbocycles. The van der Waals surface area contributed by atoms with E-state index in [1.54, 1.807) is 12.1 Å². The van der Waals surface area contributed by atoms with Gasteiger partial charge in [0.15, 0.2) is 5.78 Å². The Morgan fingerprint density at radius 2 is 1.83 bits per heavy atom. The number of aryl methyl sites for hydroxylation is 1. The van der Waals surface area contributed by atoms with Crippen molar-refractivity contribution in [1.29, 1.82) is 0 Å². The van der Waals surface area contributed by atoms with Crippen LogP contribution < -0.4 is 0 Å². The van der Waals surface area contributed by atoms with Crippen LogP contribution in [-0.4, -0.2) is 27.2 Å². The third-order valence-corrected chi connectivity index (χ3v) is 6.22. The monoisotopic (exact) mass is 329 g/mol. The number of fused-ring (bicyclic) bond motifs is 1. The first kappa shape index (κ1) is 17.0. The Morgan fingerprint density at radius 3 is 2.42 bits per heavy atom. The van der Waals surface area contributed by atoms with Gasteiger partial charge in [0.2, 0.25) is 0 Å². The van der Waals surface area contributed by atoms with E-state index in [0.717, 1.165) is 30.3 Å². The number of aliphatic hydroxyl groups excluding tert-OH is 1. The minimum absolute atomic E-state index is 0.00356. The summed E-state index contributed by atoms with van der Waals surface area (Å²) in [7, 11) is 0. The molecule has 0 unspecified atom stereocenters. The maximum absolute atomic E-state index is 13.2. The van der Waals surface area contributed by atoms with Crippen LogP contribution in [0.2, 0.25) is 0 Å². The third kappa shape index (κ3) is 2.44. The molecule has 0 radical (unpaired) electrons. The molecule has 0 amide bonds. The number of aromatic nitrogens is 1. The summed E-state index contributed by atoms with van der Waals surface area (Å²) >= 11 is 0. The Bertz CT molecular complexity index is 772. The maximum Gasteiger partial charge on any atom is 0.169 e. The van der Waals surface area contributed by atoms with E-state index in [1.165, 1.54) is 0 Å². The van der Waals surface area contributed by atoms with Crippen LogP contribution in [0.1, 0.15) is 50.9 Å². The van der Waals surface area contributed by atoms with E-state index < -0.39 is 0 Å². The first-order valence-corrected chi connectivity index (χ1v) is 8.68. The average Bonchev–Trinajstić information content (AvgIpc) is 2.79. The molecule has 1 aromatic heterocycles. The molecule has 0 aliphatic heterocycles. The summed E-state index contributed by atoms with van der Waals surface area (Å²) in [6.07, 6.45) is 3.52. The summed E-state index contributed by atoms with van der Waals surface area (Å²) < 4.78 is 2.07. The van der Waals surface area contributed by atoms with Gasteiger partial charge in [-0.2, -0.15) is 0 Å². The van der Waals surface area contributed by atoms with Gasteiger partial charge >= 0.3 is 0 Å². The lowest BCUT2D eigenvalue weighted by Crippen LogP contribution is -2.07. The van der Waals surface area contributed by atoms with Crippen molar-refractivity contribution >= 4 is 16.7 Å². The van der Waals surface area contributed by atoms with Crippen LogP contribution in [0.25, 0.3) is 10.9 Å². The molecule has 1 heterocycles. The molecule has 1 fully saturated rings. The van der Waals surface area contributed by atoms with Crippen molar-refractivity contribution in [2.75, 3.05) is 6.61 Å². The van der Waals surface area contributed by atoms with Crippen molar-refractivity contribution in [3.8, 4) is 5.75 Å². The number of hydrogen-bond donors (Lipinski definition) is 2. The van der Waals surface area contributed by atoms with Crippen LogP contribution in [0.15, 0.2) is 24.4 Å². The molecule has 1 saturated carbocycles. The number of carbonyl (C=O) groups is 1. The standard InChI is InChI=1S/C20H27NO3/c1-19(2)18(20(19,3)4)17(24)15-12-21(9-5-6-10-22)16-8-7-13(23)11-14(15)16/h7-8,11-12,18,22-23H,5-6,9-10H2,1-4H3. The normalized spacial score (nSPS) is 18.9. The SMILES string of the molecule is CC1(C)C(C(=O)c2cn(CCCCO)c3ccc(O)cc23)C1(C)C. The number of rotatable bonds is 6. The second-order valence-corrected chi connectivity index (χ2v) is 8.11. The van der Waals surface area contributed by atoms with Crippen molar-refractivity contribution < 1.29 is 15.0 Å². The van der Waals surface area contributed by atoms with Crippen LogP contribution in [0.5, 0.6) is 5.75 Å². The molecule has 2 aromatic rings. The van der Waals surface area contributed by atoms with E-state index in [1.807, 2.05) is 12.3 Å². The van der Waals surface area contributed by atoms with Crippen molar-refractivity contribution in [2.24, 2.45) is 16.7 Å². The molecule has 2 N–H and O–H groups in total. The smallest absolute Gasteiger partial charge is 0.169 e. The number of unbranched alkanes of at least 4 members (excludes halogenated alkanes) is 1. The van der Waals surface area contributed by atoms with Gasteiger partial charge < -0.3 is 14.8 Å². The second-order valence-electron chi connectivity index (χ2n) is 8.11.